The standard InChI is InChI=1S/C32H30N4O4/c1-39-32(38)29-14-11-23(6-5-16-36-17-15-33-22-36)18-25(29)19-31(37)35-26-8-4-9-28(20-26)40-21-27-13-12-24-7-2-3-10-30(24)34-27/h2-4,7-15,17-18,20,22H,5-6,16,19,21H2,1H3,(H,35,37). The van der Waals surface area contributed by atoms with E-state index in [9.17, 15) is 9.59 Å². The minimum Gasteiger partial charge on any atom is -0.487 e. The number of rotatable bonds is 11. The molecule has 0 aliphatic rings. The molecule has 0 unspecified atom stereocenters. The topological polar surface area (TPSA) is 95.3 Å². The highest BCUT2D eigenvalue weighted by molar-refractivity contribution is 5.96. The molecule has 202 valence electrons. The average Bonchev–Trinajstić information content (AvgIpc) is 3.49. The Morgan fingerprint density at radius 1 is 0.975 bits per heavy atom. The summed E-state index contributed by atoms with van der Waals surface area (Å²) in [6, 6.07) is 24.7. The molecule has 8 nitrogen and oxygen atoms in total. The number of hydrogen-bond acceptors (Lipinski definition) is 6. The van der Waals surface area contributed by atoms with Crippen LogP contribution >= 0.6 is 0 Å². The highest BCUT2D eigenvalue weighted by atomic mass is 16.5. The molecule has 40 heavy (non-hydrogen) atoms. The molecule has 1 amide bonds. The molecule has 2 aromatic heterocycles. The van der Waals surface area contributed by atoms with Gasteiger partial charge in [0, 0.05) is 36.1 Å². The Balaban J connectivity index is 1.22. The number of aryl methyl sites for hydroxylation is 2. The van der Waals surface area contributed by atoms with Gasteiger partial charge >= 0.3 is 5.97 Å². The van der Waals surface area contributed by atoms with Gasteiger partial charge in [-0.05, 0) is 54.3 Å². The van der Waals surface area contributed by atoms with Gasteiger partial charge in [-0.1, -0.05) is 42.5 Å². The average molecular weight is 535 g/mol. The van der Waals surface area contributed by atoms with Crippen molar-refractivity contribution in [2.24, 2.45) is 0 Å². The third-order valence-corrected chi connectivity index (χ3v) is 6.53. The van der Waals surface area contributed by atoms with E-state index in [0.717, 1.165) is 41.5 Å². The van der Waals surface area contributed by atoms with Crippen LogP contribution in [0.3, 0.4) is 0 Å². The van der Waals surface area contributed by atoms with E-state index in [0.29, 0.717) is 29.2 Å². The highest BCUT2D eigenvalue weighted by Crippen LogP contribution is 2.21. The van der Waals surface area contributed by atoms with Crippen LogP contribution in [0.1, 0.15) is 33.6 Å². The summed E-state index contributed by atoms with van der Waals surface area (Å²) in [7, 11) is 1.34. The van der Waals surface area contributed by atoms with Crippen molar-refractivity contribution < 1.29 is 19.1 Å². The normalized spacial score (nSPS) is 10.8. The third-order valence-electron chi connectivity index (χ3n) is 6.53. The highest BCUT2D eigenvalue weighted by Gasteiger charge is 2.16. The lowest BCUT2D eigenvalue weighted by molar-refractivity contribution is -0.115. The summed E-state index contributed by atoms with van der Waals surface area (Å²) in [6.45, 7) is 1.14. The lowest BCUT2D eigenvalue weighted by atomic mass is 9.98. The number of nitrogens with zero attached hydrogens (tertiary/aromatic N) is 3. The van der Waals surface area contributed by atoms with Gasteiger partial charge < -0.3 is 19.4 Å². The summed E-state index contributed by atoms with van der Waals surface area (Å²) >= 11 is 0. The number of ether oxygens (including phenoxy) is 2. The van der Waals surface area contributed by atoms with Gasteiger partial charge in [0.25, 0.3) is 0 Å². The number of carbonyl (C=O) groups excluding carboxylic acids is 2. The Morgan fingerprint density at radius 3 is 2.73 bits per heavy atom. The molecule has 0 fully saturated rings. The SMILES string of the molecule is COC(=O)c1ccc(CCCn2ccnc2)cc1CC(=O)Nc1cccc(OCc2ccc3ccccc3n2)c1. The van der Waals surface area contributed by atoms with Crippen molar-refractivity contribution in [1.29, 1.82) is 0 Å². The molecule has 5 rings (SSSR count). The summed E-state index contributed by atoms with van der Waals surface area (Å²) in [4.78, 5) is 34.1. The number of anilines is 1. The molecule has 0 saturated carbocycles. The zero-order chi connectivity index (χ0) is 27.7. The van der Waals surface area contributed by atoms with Crippen LogP contribution in [0.15, 0.2) is 97.6 Å². The third kappa shape index (κ3) is 6.91. The van der Waals surface area contributed by atoms with Gasteiger partial charge in [-0.15, -0.1) is 0 Å². The van der Waals surface area contributed by atoms with Gasteiger partial charge in [-0.3, -0.25) is 4.79 Å². The number of para-hydroxylation sites is 1. The van der Waals surface area contributed by atoms with Crippen molar-refractivity contribution in [3.8, 4) is 5.75 Å². The van der Waals surface area contributed by atoms with Gasteiger partial charge in [0.2, 0.25) is 5.91 Å². The predicted octanol–water partition coefficient (Wildman–Crippen LogP) is 5.61. The lowest BCUT2D eigenvalue weighted by Gasteiger charge is -2.12. The van der Waals surface area contributed by atoms with Crippen molar-refractivity contribution in [3.63, 3.8) is 0 Å². The zero-order valence-electron chi connectivity index (χ0n) is 22.2. The smallest absolute Gasteiger partial charge is 0.338 e. The van der Waals surface area contributed by atoms with Gasteiger partial charge in [0.1, 0.15) is 12.4 Å². The van der Waals surface area contributed by atoms with Crippen molar-refractivity contribution in [1.82, 2.24) is 14.5 Å². The van der Waals surface area contributed by atoms with Gasteiger partial charge in [0.05, 0.1) is 36.6 Å². The van der Waals surface area contributed by atoms with E-state index in [4.69, 9.17) is 9.47 Å². The summed E-state index contributed by atoms with van der Waals surface area (Å²) in [5.74, 6) is -0.0950. The summed E-state index contributed by atoms with van der Waals surface area (Å²) in [5, 5.41) is 4.00. The van der Waals surface area contributed by atoms with Gasteiger partial charge in [-0.25, -0.2) is 14.8 Å². The molecule has 5 aromatic rings. The molecule has 8 heteroatoms. The molecule has 0 aliphatic heterocycles. The molecule has 0 aliphatic carbocycles. The first-order valence-electron chi connectivity index (χ1n) is 13.1. The van der Waals surface area contributed by atoms with E-state index in [1.807, 2.05) is 71.4 Å². The van der Waals surface area contributed by atoms with Crippen molar-refractivity contribution in [2.75, 3.05) is 12.4 Å². The Labute approximate surface area is 232 Å². The molecule has 3 aromatic carbocycles. The number of aromatic nitrogens is 3. The summed E-state index contributed by atoms with van der Waals surface area (Å²) < 4.78 is 12.9. The minimum atomic E-state index is -0.467. The maximum absolute atomic E-state index is 13.0. The Morgan fingerprint density at radius 2 is 1.88 bits per heavy atom. The van der Waals surface area contributed by atoms with Crippen LogP contribution in [-0.4, -0.2) is 33.5 Å². The fourth-order valence-corrected chi connectivity index (χ4v) is 4.53. The van der Waals surface area contributed by atoms with E-state index in [1.165, 1.54) is 7.11 Å². The molecule has 0 spiro atoms. The fourth-order valence-electron chi connectivity index (χ4n) is 4.53. The number of imidazole rings is 1. The second-order valence-electron chi connectivity index (χ2n) is 9.42. The maximum Gasteiger partial charge on any atom is 0.338 e. The Hall–Kier alpha value is -4.98. The lowest BCUT2D eigenvalue weighted by Crippen LogP contribution is -2.17. The van der Waals surface area contributed by atoms with E-state index < -0.39 is 5.97 Å². The quantitative estimate of drug-likeness (QED) is 0.221. The number of benzene rings is 3. The molecule has 0 radical (unpaired) electrons. The largest absolute Gasteiger partial charge is 0.487 e. The first-order valence-corrected chi connectivity index (χ1v) is 13.1. The summed E-state index contributed by atoms with van der Waals surface area (Å²) in [5.41, 5.74) is 4.39. The van der Waals surface area contributed by atoms with Gasteiger partial charge in [-0.2, -0.15) is 0 Å². The van der Waals surface area contributed by atoms with Gasteiger partial charge in [0.15, 0.2) is 0 Å². The van der Waals surface area contributed by atoms with Crippen LogP contribution in [0, 0.1) is 0 Å². The first kappa shape index (κ1) is 26.6. The number of amides is 1. The number of hydrogen-bond donors (Lipinski definition) is 1. The second kappa shape index (κ2) is 12.7. The fraction of sp³-hybridized carbons (Fsp3) is 0.188. The molecule has 1 N–H and O–H groups in total. The molecular formula is C32H30N4O4. The van der Waals surface area contributed by atoms with Crippen molar-refractivity contribution in [3.05, 3.63) is 120 Å². The molecule has 0 saturated heterocycles. The predicted molar refractivity (Wildman–Crippen MR) is 153 cm³/mol. The number of fused-ring (bicyclic) bond motifs is 1. The number of pyridine rings is 1. The number of carbonyl (C=O) groups is 2. The van der Waals surface area contributed by atoms with Crippen molar-refractivity contribution >= 4 is 28.5 Å². The van der Waals surface area contributed by atoms with E-state index >= 15 is 0 Å². The van der Waals surface area contributed by atoms with Crippen LogP contribution in [0.4, 0.5) is 5.69 Å². The molecule has 0 atom stereocenters. The molecule has 0 bridgehead atoms. The van der Waals surface area contributed by atoms with Crippen molar-refractivity contribution in [2.45, 2.75) is 32.4 Å². The summed E-state index contributed by atoms with van der Waals surface area (Å²) in [6.07, 6.45) is 7.21. The van der Waals surface area contributed by atoms with E-state index in [-0.39, 0.29) is 12.3 Å². The number of esters is 1. The minimum absolute atomic E-state index is 0.0336. The first-order chi connectivity index (χ1) is 19.6. The Bertz CT molecular complexity index is 1610. The van der Waals surface area contributed by atoms with Crippen LogP contribution in [0.25, 0.3) is 10.9 Å². The second-order valence-corrected chi connectivity index (χ2v) is 9.42. The van der Waals surface area contributed by atoms with E-state index in [1.54, 1.807) is 30.7 Å². The van der Waals surface area contributed by atoms with Crippen LogP contribution in [0.5, 0.6) is 5.75 Å². The number of methoxy groups -OCH3 is 1. The van der Waals surface area contributed by atoms with Crippen LogP contribution in [0.2, 0.25) is 0 Å². The van der Waals surface area contributed by atoms with Crippen LogP contribution in [-0.2, 0) is 35.5 Å². The van der Waals surface area contributed by atoms with Crippen LogP contribution < -0.4 is 10.1 Å². The molecule has 2 heterocycles. The zero-order valence-corrected chi connectivity index (χ0v) is 22.2. The van der Waals surface area contributed by atoms with E-state index in [2.05, 4.69) is 15.3 Å². The monoisotopic (exact) mass is 534 g/mol. The number of nitrogens with one attached hydrogen (secondary N) is 1. The Kier molecular flexibility index (Phi) is 8.46. The molecular weight excluding hydrogens is 504 g/mol. The maximum atomic E-state index is 13.0.